The van der Waals surface area contributed by atoms with Crippen molar-refractivity contribution >= 4 is 11.8 Å². The van der Waals surface area contributed by atoms with Gasteiger partial charge in [-0.1, -0.05) is 6.07 Å². The number of nitrogens with one attached hydrogen (secondary N) is 1. The minimum Gasteiger partial charge on any atom is -0.493 e. The molecule has 0 fully saturated rings. The summed E-state index contributed by atoms with van der Waals surface area (Å²) in [7, 11) is 3.12. The van der Waals surface area contributed by atoms with Gasteiger partial charge in [-0.3, -0.25) is 9.59 Å². The van der Waals surface area contributed by atoms with Gasteiger partial charge in [-0.2, -0.15) is 0 Å². The third-order valence-corrected chi connectivity index (χ3v) is 3.45. The van der Waals surface area contributed by atoms with Gasteiger partial charge in [0.25, 0.3) is 5.91 Å². The van der Waals surface area contributed by atoms with E-state index in [1.807, 2.05) is 6.07 Å². The summed E-state index contributed by atoms with van der Waals surface area (Å²) in [6.07, 6.45) is 0. The number of carbonyl (C=O) groups is 2. The number of ether oxygens (including phenoxy) is 3. The van der Waals surface area contributed by atoms with Gasteiger partial charge in [-0.05, 0) is 42.0 Å². The highest BCUT2D eigenvalue weighted by Crippen LogP contribution is 2.27. The lowest BCUT2D eigenvalue weighted by atomic mass is 10.2. The quantitative estimate of drug-likeness (QED) is 0.756. The van der Waals surface area contributed by atoms with E-state index in [0.717, 1.165) is 5.56 Å². The summed E-state index contributed by atoms with van der Waals surface area (Å²) < 4.78 is 15.7. The van der Waals surface area contributed by atoms with E-state index in [0.29, 0.717) is 29.4 Å². The normalized spacial score (nSPS) is 10.0. The molecule has 0 unspecified atom stereocenters. The van der Waals surface area contributed by atoms with Gasteiger partial charge in [0.15, 0.2) is 18.1 Å². The molecule has 7 heteroatoms. The van der Waals surface area contributed by atoms with E-state index in [9.17, 15) is 9.59 Å². The Morgan fingerprint density at radius 1 is 1.00 bits per heavy atom. The first-order valence-electron chi connectivity index (χ1n) is 7.53. The molecule has 3 N–H and O–H groups in total. The van der Waals surface area contributed by atoms with Crippen LogP contribution in [0, 0.1) is 0 Å². The van der Waals surface area contributed by atoms with Crippen molar-refractivity contribution in [1.29, 1.82) is 0 Å². The van der Waals surface area contributed by atoms with Crippen molar-refractivity contribution in [2.75, 3.05) is 20.8 Å². The number of hydrogen-bond acceptors (Lipinski definition) is 5. The Labute approximate surface area is 145 Å². The average Bonchev–Trinajstić information content (AvgIpc) is 2.64. The maximum Gasteiger partial charge on any atom is 0.258 e. The van der Waals surface area contributed by atoms with E-state index in [2.05, 4.69) is 5.32 Å². The zero-order valence-corrected chi connectivity index (χ0v) is 14.1. The number of benzene rings is 2. The van der Waals surface area contributed by atoms with E-state index >= 15 is 0 Å². The van der Waals surface area contributed by atoms with Crippen LogP contribution in [-0.2, 0) is 11.3 Å². The third kappa shape index (κ3) is 5.13. The van der Waals surface area contributed by atoms with Crippen molar-refractivity contribution < 1.29 is 23.8 Å². The van der Waals surface area contributed by atoms with Crippen molar-refractivity contribution in [3.63, 3.8) is 0 Å². The van der Waals surface area contributed by atoms with Crippen LogP contribution >= 0.6 is 0 Å². The molecule has 0 saturated heterocycles. The molecule has 0 spiro atoms. The number of methoxy groups -OCH3 is 2. The van der Waals surface area contributed by atoms with E-state index < -0.39 is 5.91 Å². The number of amides is 2. The Hall–Kier alpha value is -3.22. The summed E-state index contributed by atoms with van der Waals surface area (Å²) in [5.41, 5.74) is 6.41. The fourth-order valence-corrected chi connectivity index (χ4v) is 2.11. The molecule has 2 amide bonds. The third-order valence-electron chi connectivity index (χ3n) is 3.45. The van der Waals surface area contributed by atoms with Crippen molar-refractivity contribution in [3.05, 3.63) is 53.6 Å². The second kappa shape index (κ2) is 8.58. The molecule has 0 saturated carbocycles. The molecule has 2 aromatic rings. The Balaban J connectivity index is 1.83. The summed E-state index contributed by atoms with van der Waals surface area (Å²) >= 11 is 0. The van der Waals surface area contributed by atoms with Crippen LogP contribution in [0.5, 0.6) is 17.2 Å². The molecule has 0 aromatic heterocycles. The monoisotopic (exact) mass is 344 g/mol. The minimum absolute atomic E-state index is 0.136. The van der Waals surface area contributed by atoms with Gasteiger partial charge in [0.05, 0.1) is 14.2 Å². The molecule has 25 heavy (non-hydrogen) atoms. The summed E-state index contributed by atoms with van der Waals surface area (Å²) in [5.74, 6) is 0.916. The van der Waals surface area contributed by atoms with Gasteiger partial charge in [0.1, 0.15) is 5.75 Å². The maximum absolute atomic E-state index is 11.9. The number of nitrogens with two attached hydrogens (primary N) is 1. The van der Waals surface area contributed by atoms with Crippen molar-refractivity contribution in [1.82, 2.24) is 5.32 Å². The van der Waals surface area contributed by atoms with Gasteiger partial charge in [0, 0.05) is 12.1 Å². The Kier molecular flexibility index (Phi) is 6.22. The highest BCUT2D eigenvalue weighted by atomic mass is 16.5. The molecule has 132 valence electrons. The zero-order chi connectivity index (χ0) is 18.2. The summed E-state index contributed by atoms with van der Waals surface area (Å²) in [5, 5.41) is 2.75. The van der Waals surface area contributed by atoms with Gasteiger partial charge in [-0.15, -0.1) is 0 Å². The molecule has 0 aliphatic heterocycles. The van der Waals surface area contributed by atoms with E-state index in [-0.39, 0.29) is 12.5 Å². The van der Waals surface area contributed by atoms with Crippen molar-refractivity contribution in [2.24, 2.45) is 5.73 Å². The van der Waals surface area contributed by atoms with Crippen LogP contribution < -0.4 is 25.3 Å². The summed E-state index contributed by atoms with van der Waals surface area (Å²) in [6, 6.07) is 11.7. The predicted octanol–water partition coefficient (Wildman–Crippen LogP) is 1.50. The molecule has 7 nitrogen and oxygen atoms in total. The fourth-order valence-electron chi connectivity index (χ4n) is 2.11. The first-order valence-corrected chi connectivity index (χ1v) is 7.53. The van der Waals surface area contributed by atoms with Crippen LogP contribution in [0.3, 0.4) is 0 Å². The molecule has 0 heterocycles. The van der Waals surface area contributed by atoms with Crippen molar-refractivity contribution in [2.45, 2.75) is 6.54 Å². The molecule has 0 aliphatic rings. The van der Waals surface area contributed by atoms with Gasteiger partial charge >= 0.3 is 0 Å². The van der Waals surface area contributed by atoms with Crippen LogP contribution in [0.1, 0.15) is 15.9 Å². The minimum atomic E-state index is -0.515. The lowest BCUT2D eigenvalue weighted by Crippen LogP contribution is -2.28. The molecule has 0 atom stereocenters. The van der Waals surface area contributed by atoms with Gasteiger partial charge in [0.2, 0.25) is 5.91 Å². The fraction of sp³-hybridized carbons (Fsp3) is 0.222. The Bertz CT molecular complexity index is 744. The predicted molar refractivity (Wildman–Crippen MR) is 91.8 cm³/mol. The first kappa shape index (κ1) is 18.1. The smallest absolute Gasteiger partial charge is 0.258 e. The molecule has 0 radical (unpaired) electrons. The van der Waals surface area contributed by atoms with Crippen LogP contribution in [0.25, 0.3) is 0 Å². The molecule has 0 bridgehead atoms. The average molecular weight is 344 g/mol. The highest BCUT2D eigenvalue weighted by molar-refractivity contribution is 5.92. The van der Waals surface area contributed by atoms with E-state index in [1.54, 1.807) is 50.6 Å². The lowest BCUT2D eigenvalue weighted by Gasteiger charge is -2.11. The SMILES string of the molecule is COc1ccc(CNC(=O)COc2ccc(C(N)=O)cc2)cc1OC. The molecule has 2 aromatic carbocycles. The van der Waals surface area contributed by atoms with E-state index in [1.165, 1.54) is 0 Å². The standard InChI is InChI=1S/C18H20N2O5/c1-23-15-8-3-12(9-16(15)24-2)10-20-17(21)11-25-14-6-4-13(5-7-14)18(19)22/h3-9H,10-11H2,1-2H3,(H2,19,22)(H,20,21). The molecular weight excluding hydrogens is 324 g/mol. The van der Waals surface area contributed by atoms with E-state index in [4.69, 9.17) is 19.9 Å². The second-order valence-electron chi connectivity index (χ2n) is 5.14. The Morgan fingerprint density at radius 2 is 1.68 bits per heavy atom. The van der Waals surface area contributed by atoms with Crippen LogP contribution in [0.15, 0.2) is 42.5 Å². The van der Waals surface area contributed by atoms with Crippen molar-refractivity contribution in [3.8, 4) is 17.2 Å². The van der Waals surface area contributed by atoms with Crippen LogP contribution in [0.4, 0.5) is 0 Å². The second-order valence-corrected chi connectivity index (χ2v) is 5.14. The summed E-state index contributed by atoms with van der Waals surface area (Å²) in [4.78, 5) is 22.9. The topological polar surface area (TPSA) is 99.9 Å². The van der Waals surface area contributed by atoms with Gasteiger partial charge < -0.3 is 25.3 Å². The first-order chi connectivity index (χ1) is 12.0. The molecule has 2 rings (SSSR count). The largest absolute Gasteiger partial charge is 0.493 e. The lowest BCUT2D eigenvalue weighted by molar-refractivity contribution is -0.123. The molecular formula is C18H20N2O5. The maximum atomic E-state index is 11.9. The number of rotatable bonds is 8. The van der Waals surface area contributed by atoms with Gasteiger partial charge in [-0.25, -0.2) is 0 Å². The number of primary amides is 1. The Morgan fingerprint density at radius 3 is 2.28 bits per heavy atom. The summed E-state index contributed by atoms with van der Waals surface area (Å²) in [6.45, 7) is 0.201. The van der Waals surface area contributed by atoms with Crippen LogP contribution in [-0.4, -0.2) is 32.6 Å². The highest BCUT2D eigenvalue weighted by Gasteiger charge is 2.07. The molecule has 0 aliphatic carbocycles. The van der Waals surface area contributed by atoms with Crippen LogP contribution in [0.2, 0.25) is 0 Å². The number of carbonyl (C=O) groups excluding carboxylic acids is 2. The zero-order valence-electron chi connectivity index (χ0n) is 14.1. The number of hydrogen-bond donors (Lipinski definition) is 2.